The lowest BCUT2D eigenvalue weighted by molar-refractivity contribution is -0.146. The van der Waals surface area contributed by atoms with Gasteiger partial charge in [-0.15, -0.1) is 0 Å². The van der Waals surface area contributed by atoms with Crippen LogP contribution in [0, 0.1) is 0 Å². The summed E-state index contributed by atoms with van der Waals surface area (Å²) in [6.07, 6.45) is 0.452. The molecule has 5 heteroatoms. The topological polar surface area (TPSA) is 90.4 Å². The summed E-state index contributed by atoms with van der Waals surface area (Å²) < 4.78 is 0. The van der Waals surface area contributed by atoms with Crippen LogP contribution in [0.2, 0.25) is 0 Å². The van der Waals surface area contributed by atoms with Crippen LogP contribution in [0.15, 0.2) is 30.3 Å². The second-order valence-electron chi connectivity index (χ2n) is 2.85. The number of hydrazine groups is 1. The van der Waals surface area contributed by atoms with Crippen LogP contribution in [0.4, 0.5) is 0 Å². The first-order valence-electron chi connectivity index (χ1n) is 4.18. The highest BCUT2D eigenvalue weighted by atomic mass is 16.7. The summed E-state index contributed by atoms with van der Waals surface area (Å²) in [5.74, 6) is 9.37. The largest absolute Gasteiger partial charge is 0.372 e. The summed E-state index contributed by atoms with van der Waals surface area (Å²) in [5.41, 5.74) is 3.33. The Hall–Kier alpha value is -1.43. The van der Waals surface area contributed by atoms with E-state index in [0.29, 0.717) is 6.42 Å². The molecule has 0 aliphatic carbocycles. The lowest BCUT2D eigenvalue weighted by atomic mass is 10.1. The second-order valence-corrected chi connectivity index (χ2v) is 2.85. The summed E-state index contributed by atoms with van der Waals surface area (Å²) in [6, 6.07) is 8.85. The molecule has 1 rings (SSSR count). The highest BCUT2D eigenvalue weighted by molar-refractivity contribution is 5.75. The van der Waals surface area contributed by atoms with Gasteiger partial charge < -0.3 is 4.84 Å². The molecule has 1 aromatic carbocycles. The fourth-order valence-corrected chi connectivity index (χ4v) is 1.14. The van der Waals surface area contributed by atoms with E-state index in [1.807, 2.05) is 30.3 Å². The molecule has 1 unspecified atom stereocenters. The zero-order chi connectivity index (χ0) is 10.4. The van der Waals surface area contributed by atoms with Gasteiger partial charge in [0.1, 0.15) is 6.04 Å². The molecule has 14 heavy (non-hydrogen) atoms. The van der Waals surface area contributed by atoms with E-state index in [1.54, 1.807) is 0 Å². The highest BCUT2D eigenvalue weighted by Crippen LogP contribution is 2.03. The van der Waals surface area contributed by atoms with Gasteiger partial charge in [0.15, 0.2) is 0 Å². The Balaban J connectivity index is 2.62. The minimum atomic E-state index is -0.609. The van der Waals surface area contributed by atoms with E-state index in [2.05, 4.69) is 10.3 Å². The quantitative estimate of drug-likeness (QED) is 0.444. The van der Waals surface area contributed by atoms with Gasteiger partial charge in [0.05, 0.1) is 0 Å². The van der Waals surface area contributed by atoms with Crippen molar-refractivity contribution in [3.63, 3.8) is 0 Å². The molecule has 0 aliphatic heterocycles. The molecule has 76 valence electrons. The third-order valence-corrected chi connectivity index (χ3v) is 1.88. The molecule has 5 N–H and O–H groups in total. The lowest BCUT2D eigenvalue weighted by Crippen LogP contribution is -2.44. The average Bonchev–Trinajstić information content (AvgIpc) is 2.26. The Morgan fingerprint density at radius 3 is 2.57 bits per heavy atom. The van der Waals surface area contributed by atoms with Crippen molar-refractivity contribution in [1.29, 1.82) is 0 Å². The van der Waals surface area contributed by atoms with Crippen LogP contribution in [0.3, 0.4) is 0 Å². The van der Waals surface area contributed by atoms with Crippen LogP contribution >= 0.6 is 0 Å². The summed E-state index contributed by atoms with van der Waals surface area (Å²) in [5, 5.41) is 0. The molecule has 1 atom stereocenters. The monoisotopic (exact) mass is 195 g/mol. The van der Waals surface area contributed by atoms with Gasteiger partial charge in [0.2, 0.25) is 0 Å². The fraction of sp³-hybridized carbons (Fsp3) is 0.222. The molecule has 0 fully saturated rings. The van der Waals surface area contributed by atoms with Gasteiger partial charge in [-0.2, -0.15) is 5.90 Å². The molecule has 0 radical (unpaired) electrons. The minimum absolute atomic E-state index is 0.452. The first kappa shape index (κ1) is 10.6. The van der Waals surface area contributed by atoms with Crippen molar-refractivity contribution >= 4 is 5.97 Å². The second kappa shape index (κ2) is 5.33. The van der Waals surface area contributed by atoms with Gasteiger partial charge >= 0.3 is 5.97 Å². The van der Waals surface area contributed by atoms with Gasteiger partial charge in [0, 0.05) is 0 Å². The van der Waals surface area contributed by atoms with Crippen LogP contribution in [-0.2, 0) is 16.1 Å². The van der Waals surface area contributed by atoms with Crippen LogP contribution in [-0.4, -0.2) is 12.0 Å². The van der Waals surface area contributed by atoms with Gasteiger partial charge in [-0.3, -0.25) is 5.84 Å². The summed E-state index contributed by atoms with van der Waals surface area (Å²) in [7, 11) is 0. The molecule has 0 amide bonds. The first-order chi connectivity index (χ1) is 6.77. The molecule has 1 aromatic rings. The SMILES string of the molecule is NNC(Cc1ccccc1)C(=O)ON. The molecular formula is C9H13N3O2. The highest BCUT2D eigenvalue weighted by Gasteiger charge is 2.17. The summed E-state index contributed by atoms with van der Waals surface area (Å²) in [4.78, 5) is 15.2. The fourth-order valence-electron chi connectivity index (χ4n) is 1.14. The molecule has 0 spiro atoms. The van der Waals surface area contributed by atoms with Gasteiger partial charge in [-0.25, -0.2) is 10.2 Å². The molecule has 0 aromatic heterocycles. The van der Waals surface area contributed by atoms with E-state index in [9.17, 15) is 4.79 Å². The van der Waals surface area contributed by atoms with Crippen LogP contribution in [0.25, 0.3) is 0 Å². The molecule has 0 bridgehead atoms. The Bertz CT molecular complexity index is 289. The number of hydrogen-bond donors (Lipinski definition) is 3. The van der Waals surface area contributed by atoms with Crippen molar-refractivity contribution in [3.05, 3.63) is 35.9 Å². The molecule has 0 heterocycles. The Kier molecular flexibility index (Phi) is 4.06. The van der Waals surface area contributed by atoms with Crippen molar-refractivity contribution < 1.29 is 9.63 Å². The number of carbonyl (C=O) groups excluding carboxylic acids is 1. The van der Waals surface area contributed by atoms with Gasteiger partial charge in [-0.1, -0.05) is 30.3 Å². The van der Waals surface area contributed by atoms with Crippen LogP contribution < -0.4 is 17.2 Å². The van der Waals surface area contributed by atoms with Crippen LogP contribution in [0.5, 0.6) is 0 Å². The zero-order valence-corrected chi connectivity index (χ0v) is 7.64. The Morgan fingerprint density at radius 2 is 2.07 bits per heavy atom. The van der Waals surface area contributed by atoms with E-state index in [4.69, 9.17) is 11.7 Å². The van der Waals surface area contributed by atoms with Crippen molar-refractivity contribution in [2.45, 2.75) is 12.5 Å². The molecule has 0 saturated carbocycles. The van der Waals surface area contributed by atoms with Gasteiger partial charge in [-0.05, 0) is 12.0 Å². The molecule has 0 saturated heterocycles. The minimum Gasteiger partial charge on any atom is -0.372 e. The van der Waals surface area contributed by atoms with E-state index < -0.39 is 12.0 Å². The average molecular weight is 195 g/mol. The number of benzene rings is 1. The normalized spacial score (nSPS) is 12.1. The van der Waals surface area contributed by atoms with E-state index in [0.717, 1.165) is 5.56 Å². The Labute approximate surface area is 82.0 Å². The number of carbonyl (C=O) groups is 1. The van der Waals surface area contributed by atoms with Gasteiger partial charge in [0.25, 0.3) is 0 Å². The van der Waals surface area contributed by atoms with Crippen molar-refractivity contribution in [2.24, 2.45) is 11.7 Å². The predicted octanol–water partition coefficient (Wildman–Crippen LogP) is -0.522. The molecule has 0 aliphatic rings. The maximum Gasteiger partial charge on any atom is 0.343 e. The predicted molar refractivity (Wildman–Crippen MR) is 51.5 cm³/mol. The number of rotatable bonds is 4. The summed E-state index contributed by atoms with van der Waals surface area (Å²) in [6.45, 7) is 0. The third-order valence-electron chi connectivity index (χ3n) is 1.88. The van der Waals surface area contributed by atoms with Crippen molar-refractivity contribution in [2.75, 3.05) is 0 Å². The summed E-state index contributed by atoms with van der Waals surface area (Å²) >= 11 is 0. The Morgan fingerprint density at radius 1 is 1.43 bits per heavy atom. The van der Waals surface area contributed by atoms with E-state index in [-0.39, 0.29) is 0 Å². The third kappa shape index (κ3) is 2.81. The van der Waals surface area contributed by atoms with E-state index >= 15 is 0 Å². The molecule has 5 nitrogen and oxygen atoms in total. The van der Waals surface area contributed by atoms with Crippen molar-refractivity contribution in [1.82, 2.24) is 5.43 Å². The smallest absolute Gasteiger partial charge is 0.343 e. The maximum atomic E-state index is 11.1. The van der Waals surface area contributed by atoms with Crippen LogP contribution in [0.1, 0.15) is 5.56 Å². The first-order valence-corrected chi connectivity index (χ1v) is 4.18. The maximum absolute atomic E-state index is 11.1. The lowest BCUT2D eigenvalue weighted by Gasteiger charge is -2.12. The zero-order valence-electron chi connectivity index (χ0n) is 7.64. The number of hydrogen-bond acceptors (Lipinski definition) is 5. The molecular weight excluding hydrogens is 182 g/mol. The number of nitrogens with two attached hydrogens (primary N) is 2. The standard InChI is InChI=1S/C9H13N3O2/c10-12-8(9(13)14-11)6-7-4-2-1-3-5-7/h1-5,8,12H,6,10-11H2. The number of nitrogens with one attached hydrogen (secondary N) is 1. The van der Waals surface area contributed by atoms with Crippen molar-refractivity contribution in [3.8, 4) is 0 Å². The van der Waals surface area contributed by atoms with E-state index in [1.165, 1.54) is 0 Å².